The summed E-state index contributed by atoms with van der Waals surface area (Å²) in [5.41, 5.74) is 1.35. The maximum atomic E-state index is 12.5. The summed E-state index contributed by atoms with van der Waals surface area (Å²) >= 11 is 0. The fourth-order valence-corrected chi connectivity index (χ4v) is 4.24. The average Bonchev–Trinajstić information content (AvgIpc) is 3.38. The molecule has 1 amide bonds. The fraction of sp³-hybridized carbons (Fsp3) is 0.737. The zero-order valence-electron chi connectivity index (χ0n) is 14.9. The normalized spacial score (nSPS) is 27.3. The second-order valence-corrected chi connectivity index (χ2v) is 7.56. The Bertz CT molecular complexity index is 597. The van der Waals surface area contributed by atoms with Crippen LogP contribution in [0.1, 0.15) is 54.7 Å². The summed E-state index contributed by atoms with van der Waals surface area (Å²) in [5.74, 6) is 0.0195. The van der Waals surface area contributed by atoms with Crippen LogP contribution in [0.4, 0.5) is 0 Å². The summed E-state index contributed by atoms with van der Waals surface area (Å²) < 4.78 is 6.22. The van der Waals surface area contributed by atoms with Gasteiger partial charge in [-0.2, -0.15) is 0 Å². The van der Waals surface area contributed by atoms with Crippen LogP contribution < -0.4 is 0 Å². The monoisotopic (exact) mass is 344 g/mol. The Morgan fingerprint density at radius 1 is 1.04 bits per heavy atom. The van der Waals surface area contributed by atoms with Crippen LogP contribution in [0.5, 0.6) is 0 Å². The molecule has 1 aromatic heterocycles. The van der Waals surface area contributed by atoms with Gasteiger partial charge in [-0.1, -0.05) is 0 Å². The third kappa shape index (κ3) is 4.18. The molecule has 0 aromatic carbocycles. The van der Waals surface area contributed by atoms with E-state index in [1.807, 2.05) is 4.90 Å². The molecule has 1 aromatic rings. The lowest BCUT2D eigenvalue weighted by Crippen LogP contribution is -2.30. The summed E-state index contributed by atoms with van der Waals surface area (Å²) in [5, 5.41) is 0. The Kier molecular flexibility index (Phi) is 5.27. The van der Waals surface area contributed by atoms with Crippen molar-refractivity contribution in [1.29, 1.82) is 0 Å². The highest BCUT2D eigenvalue weighted by Gasteiger charge is 2.28. The standard InChI is InChI=1S/C19H28N4O2/c24-19(23-9-3-4-10-23)18-13-20-12-15(21-18)11-16-5-6-17(25-16)14-22-7-1-2-8-22/h12-13,16-17H,1-11,14H2/t16-,17+/m0/s1. The van der Waals surface area contributed by atoms with Crippen molar-refractivity contribution in [3.8, 4) is 0 Å². The van der Waals surface area contributed by atoms with Gasteiger partial charge in [0.15, 0.2) is 0 Å². The van der Waals surface area contributed by atoms with Crippen LogP contribution in [0.15, 0.2) is 12.4 Å². The van der Waals surface area contributed by atoms with Gasteiger partial charge in [0.1, 0.15) is 5.69 Å². The number of ether oxygens (including phenoxy) is 1. The zero-order chi connectivity index (χ0) is 17.1. The van der Waals surface area contributed by atoms with Crippen LogP contribution in [-0.4, -0.2) is 70.6 Å². The first-order valence-corrected chi connectivity index (χ1v) is 9.76. The van der Waals surface area contributed by atoms with E-state index in [9.17, 15) is 4.79 Å². The summed E-state index contributed by atoms with van der Waals surface area (Å²) in [6.45, 7) is 5.19. The Morgan fingerprint density at radius 2 is 1.76 bits per heavy atom. The molecule has 4 rings (SSSR count). The fourth-order valence-electron chi connectivity index (χ4n) is 4.24. The molecule has 4 heterocycles. The van der Waals surface area contributed by atoms with E-state index in [4.69, 9.17) is 4.74 Å². The van der Waals surface area contributed by atoms with Crippen molar-refractivity contribution in [3.05, 3.63) is 23.8 Å². The van der Waals surface area contributed by atoms with Crippen LogP contribution in [0.3, 0.4) is 0 Å². The lowest BCUT2D eigenvalue weighted by atomic mass is 10.1. The van der Waals surface area contributed by atoms with E-state index in [0.29, 0.717) is 11.8 Å². The molecule has 6 heteroatoms. The van der Waals surface area contributed by atoms with Crippen molar-refractivity contribution in [2.45, 2.75) is 57.2 Å². The van der Waals surface area contributed by atoms with Gasteiger partial charge in [0.2, 0.25) is 0 Å². The predicted molar refractivity (Wildman–Crippen MR) is 94.4 cm³/mol. The maximum Gasteiger partial charge on any atom is 0.274 e. The van der Waals surface area contributed by atoms with Gasteiger partial charge in [0.05, 0.1) is 24.1 Å². The Labute approximate surface area is 149 Å². The first-order valence-electron chi connectivity index (χ1n) is 9.76. The number of likely N-dealkylation sites (tertiary alicyclic amines) is 2. The number of nitrogens with zero attached hydrogens (tertiary/aromatic N) is 4. The zero-order valence-corrected chi connectivity index (χ0v) is 14.9. The van der Waals surface area contributed by atoms with Crippen molar-refractivity contribution >= 4 is 5.91 Å². The smallest absolute Gasteiger partial charge is 0.274 e. The van der Waals surface area contributed by atoms with Gasteiger partial charge in [-0.25, -0.2) is 4.98 Å². The molecule has 3 saturated heterocycles. The molecule has 0 radical (unpaired) electrons. The number of hydrogen-bond donors (Lipinski definition) is 0. The Morgan fingerprint density at radius 3 is 2.56 bits per heavy atom. The molecule has 0 saturated carbocycles. The summed E-state index contributed by atoms with van der Waals surface area (Å²) in [6.07, 6.45) is 11.7. The molecule has 6 nitrogen and oxygen atoms in total. The van der Waals surface area contributed by atoms with E-state index in [0.717, 1.165) is 57.4 Å². The van der Waals surface area contributed by atoms with E-state index in [-0.39, 0.29) is 12.0 Å². The molecule has 3 aliphatic rings. The average molecular weight is 344 g/mol. The quantitative estimate of drug-likeness (QED) is 0.816. The van der Waals surface area contributed by atoms with Crippen molar-refractivity contribution in [3.63, 3.8) is 0 Å². The second kappa shape index (κ2) is 7.79. The number of amides is 1. The SMILES string of the molecule is O=C(c1cncc(C[C@@H]2CC[C@H](CN3CCCC3)O2)n1)N1CCCC1. The third-order valence-corrected chi connectivity index (χ3v) is 5.59. The van der Waals surface area contributed by atoms with Crippen LogP contribution in [-0.2, 0) is 11.2 Å². The van der Waals surface area contributed by atoms with Gasteiger partial charge in [0, 0.05) is 32.3 Å². The highest BCUT2D eigenvalue weighted by Crippen LogP contribution is 2.24. The lowest BCUT2D eigenvalue weighted by Gasteiger charge is -2.20. The topological polar surface area (TPSA) is 58.6 Å². The van der Waals surface area contributed by atoms with Gasteiger partial charge in [-0.05, 0) is 51.6 Å². The molecule has 136 valence electrons. The predicted octanol–water partition coefficient (Wildman–Crippen LogP) is 1.90. The van der Waals surface area contributed by atoms with Gasteiger partial charge < -0.3 is 14.5 Å². The minimum absolute atomic E-state index is 0.0195. The minimum atomic E-state index is 0.0195. The Balaban J connectivity index is 1.32. The number of carbonyl (C=O) groups excluding carboxylic acids is 1. The van der Waals surface area contributed by atoms with Gasteiger partial charge in [0.25, 0.3) is 5.91 Å². The lowest BCUT2D eigenvalue weighted by molar-refractivity contribution is 0.0270. The maximum absolute atomic E-state index is 12.5. The van der Waals surface area contributed by atoms with Crippen LogP contribution in [0, 0.1) is 0 Å². The number of hydrogen-bond acceptors (Lipinski definition) is 5. The number of aromatic nitrogens is 2. The highest BCUT2D eigenvalue weighted by molar-refractivity contribution is 5.92. The van der Waals surface area contributed by atoms with E-state index >= 15 is 0 Å². The first kappa shape index (κ1) is 16.9. The molecule has 2 atom stereocenters. The van der Waals surface area contributed by atoms with Crippen molar-refractivity contribution in [2.24, 2.45) is 0 Å². The van der Waals surface area contributed by atoms with Gasteiger partial charge >= 0.3 is 0 Å². The molecule has 0 bridgehead atoms. The molecule has 0 N–H and O–H groups in total. The highest BCUT2D eigenvalue weighted by atomic mass is 16.5. The largest absolute Gasteiger partial charge is 0.373 e. The molecule has 3 aliphatic heterocycles. The second-order valence-electron chi connectivity index (χ2n) is 7.56. The van der Waals surface area contributed by atoms with Crippen molar-refractivity contribution < 1.29 is 9.53 Å². The number of rotatable bonds is 5. The van der Waals surface area contributed by atoms with E-state index in [1.54, 1.807) is 12.4 Å². The molecule has 0 unspecified atom stereocenters. The molecular weight excluding hydrogens is 316 g/mol. The first-order chi connectivity index (χ1) is 12.3. The van der Waals surface area contributed by atoms with Crippen molar-refractivity contribution in [1.82, 2.24) is 19.8 Å². The summed E-state index contributed by atoms with van der Waals surface area (Å²) in [6, 6.07) is 0. The summed E-state index contributed by atoms with van der Waals surface area (Å²) in [4.78, 5) is 25.7. The van der Waals surface area contributed by atoms with Crippen molar-refractivity contribution in [2.75, 3.05) is 32.7 Å². The molecular formula is C19H28N4O2. The molecule has 3 fully saturated rings. The molecule has 0 aliphatic carbocycles. The van der Waals surface area contributed by atoms with Gasteiger partial charge in [-0.15, -0.1) is 0 Å². The minimum Gasteiger partial charge on any atom is -0.373 e. The molecule has 25 heavy (non-hydrogen) atoms. The third-order valence-electron chi connectivity index (χ3n) is 5.59. The summed E-state index contributed by atoms with van der Waals surface area (Å²) in [7, 11) is 0. The Hall–Kier alpha value is -1.53. The van der Waals surface area contributed by atoms with Crippen LogP contribution in [0.2, 0.25) is 0 Å². The number of carbonyl (C=O) groups is 1. The van der Waals surface area contributed by atoms with E-state index < -0.39 is 0 Å². The van der Waals surface area contributed by atoms with Crippen LogP contribution >= 0.6 is 0 Å². The molecule has 0 spiro atoms. The van der Waals surface area contributed by atoms with Crippen LogP contribution in [0.25, 0.3) is 0 Å². The van der Waals surface area contributed by atoms with E-state index in [1.165, 1.54) is 25.9 Å². The van der Waals surface area contributed by atoms with E-state index in [2.05, 4.69) is 14.9 Å². The van der Waals surface area contributed by atoms with Gasteiger partial charge in [-0.3, -0.25) is 9.78 Å².